The van der Waals surface area contributed by atoms with Crippen LogP contribution < -0.4 is 5.32 Å². The fourth-order valence-corrected chi connectivity index (χ4v) is 4.16. The Labute approximate surface area is 132 Å². The molecule has 1 aromatic rings. The maximum atomic E-state index is 4.88. The number of nitrogens with zero attached hydrogens (tertiary/aromatic N) is 2. The first-order valence-electron chi connectivity index (χ1n) is 8.53. The Bertz CT molecular complexity index is 479. The molecule has 1 aromatic heterocycles. The first kappa shape index (κ1) is 15.1. The average molecular weight is 305 g/mol. The summed E-state index contributed by atoms with van der Waals surface area (Å²) in [6.07, 6.45) is 9.33. The van der Waals surface area contributed by atoms with Crippen molar-refractivity contribution >= 4 is 17.6 Å². The highest BCUT2D eigenvalue weighted by molar-refractivity contribution is 7.99. The van der Waals surface area contributed by atoms with Gasteiger partial charge in [-0.25, -0.2) is 9.97 Å². The van der Waals surface area contributed by atoms with E-state index in [0.717, 1.165) is 30.5 Å². The maximum Gasteiger partial charge on any atom is 0.135 e. The molecule has 0 aromatic carbocycles. The molecule has 1 heterocycles. The highest BCUT2D eigenvalue weighted by Gasteiger charge is 2.28. The largest absolute Gasteiger partial charge is 0.370 e. The normalized spacial score (nSPS) is 19.1. The second kappa shape index (κ2) is 6.99. The van der Waals surface area contributed by atoms with Crippen LogP contribution in [0.3, 0.4) is 0 Å². The molecular weight excluding hydrogens is 278 g/mol. The van der Waals surface area contributed by atoms with Gasteiger partial charge in [0.05, 0.1) is 0 Å². The molecule has 2 fully saturated rings. The van der Waals surface area contributed by atoms with Crippen LogP contribution in [0.5, 0.6) is 0 Å². The van der Waals surface area contributed by atoms with Crippen molar-refractivity contribution in [2.45, 2.75) is 69.7 Å². The van der Waals surface area contributed by atoms with E-state index in [-0.39, 0.29) is 0 Å². The number of nitrogens with one attached hydrogen (secondary N) is 1. The second-order valence-corrected chi connectivity index (χ2v) is 7.53. The minimum absolute atomic E-state index is 0.624. The van der Waals surface area contributed by atoms with Crippen LogP contribution in [0.1, 0.15) is 69.2 Å². The van der Waals surface area contributed by atoms with Gasteiger partial charge >= 0.3 is 0 Å². The first-order chi connectivity index (χ1) is 10.3. The molecule has 4 heteroatoms. The standard InChI is InChI=1S/C17H27N3S/c1-3-10-18-15-12(2)17(20-16(19-15)14-8-9-14)21-11-13-6-4-5-7-13/h13-14H,3-11H2,1-2H3,(H,18,19,20). The SMILES string of the molecule is CCCNc1nc(C2CC2)nc(SCC2CCCC2)c1C. The van der Waals surface area contributed by atoms with Crippen LogP contribution in [-0.4, -0.2) is 22.3 Å². The van der Waals surface area contributed by atoms with Crippen molar-refractivity contribution in [2.24, 2.45) is 5.92 Å². The molecule has 2 saturated carbocycles. The predicted molar refractivity (Wildman–Crippen MR) is 90.2 cm³/mol. The smallest absolute Gasteiger partial charge is 0.135 e. The first-order valence-corrected chi connectivity index (χ1v) is 9.51. The summed E-state index contributed by atoms with van der Waals surface area (Å²) in [7, 11) is 0. The van der Waals surface area contributed by atoms with Crippen molar-refractivity contribution in [1.82, 2.24) is 9.97 Å². The molecule has 21 heavy (non-hydrogen) atoms. The van der Waals surface area contributed by atoms with Crippen LogP contribution in [0.4, 0.5) is 5.82 Å². The minimum Gasteiger partial charge on any atom is -0.370 e. The quantitative estimate of drug-likeness (QED) is 0.582. The van der Waals surface area contributed by atoms with E-state index in [2.05, 4.69) is 19.2 Å². The average Bonchev–Trinajstić information content (AvgIpc) is 3.21. The Morgan fingerprint density at radius 2 is 1.90 bits per heavy atom. The van der Waals surface area contributed by atoms with Crippen molar-refractivity contribution in [3.8, 4) is 0 Å². The van der Waals surface area contributed by atoms with Gasteiger partial charge in [0.2, 0.25) is 0 Å². The number of rotatable bonds is 7. The van der Waals surface area contributed by atoms with Gasteiger partial charge in [-0.3, -0.25) is 0 Å². The van der Waals surface area contributed by atoms with Gasteiger partial charge in [-0.1, -0.05) is 19.8 Å². The van der Waals surface area contributed by atoms with Crippen molar-refractivity contribution < 1.29 is 0 Å². The molecule has 0 atom stereocenters. The molecule has 0 spiro atoms. The molecule has 0 unspecified atom stereocenters. The highest BCUT2D eigenvalue weighted by atomic mass is 32.2. The number of hydrogen-bond acceptors (Lipinski definition) is 4. The van der Waals surface area contributed by atoms with Crippen molar-refractivity contribution in [2.75, 3.05) is 17.6 Å². The van der Waals surface area contributed by atoms with Gasteiger partial charge in [-0.2, -0.15) is 0 Å². The van der Waals surface area contributed by atoms with E-state index in [9.17, 15) is 0 Å². The summed E-state index contributed by atoms with van der Waals surface area (Å²) in [6, 6.07) is 0. The molecule has 0 radical (unpaired) electrons. The fourth-order valence-electron chi connectivity index (χ4n) is 2.97. The molecule has 0 saturated heterocycles. The molecule has 2 aliphatic carbocycles. The Balaban J connectivity index is 1.74. The van der Waals surface area contributed by atoms with E-state index >= 15 is 0 Å². The molecule has 0 bridgehead atoms. The summed E-state index contributed by atoms with van der Waals surface area (Å²) in [5.41, 5.74) is 1.25. The third kappa shape index (κ3) is 3.91. The molecule has 2 aliphatic rings. The lowest BCUT2D eigenvalue weighted by Crippen LogP contribution is -2.09. The number of aromatic nitrogens is 2. The van der Waals surface area contributed by atoms with E-state index < -0.39 is 0 Å². The summed E-state index contributed by atoms with van der Waals surface area (Å²) < 4.78 is 0. The molecular formula is C17H27N3S. The van der Waals surface area contributed by atoms with E-state index in [4.69, 9.17) is 9.97 Å². The lowest BCUT2D eigenvalue weighted by molar-refractivity contribution is 0.622. The summed E-state index contributed by atoms with van der Waals surface area (Å²) in [5.74, 6) is 4.91. The van der Waals surface area contributed by atoms with Crippen LogP contribution >= 0.6 is 11.8 Å². The number of anilines is 1. The monoisotopic (exact) mass is 305 g/mol. The Kier molecular flexibility index (Phi) is 5.04. The van der Waals surface area contributed by atoms with Gasteiger partial charge in [0.15, 0.2) is 0 Å². The van der Waals surface area contributed by atoms with Gasteiger partial charge in [0.1, 0.15) is 16.7 Å². The zero-order chi connectivity index (χ0) is 14.7. The van der Waals surface area contributed by atoms with E-state index in [0.29, 0.717) is 5.92 Å². The zero-order valence-corrected chi connectivity index (χ0v) is 14.1. The molecule has 1 N–H and O–H groups in total. The lowest BCUT2D eigenvalue weighted by atomic mass is 10.1. The summed E-state index contributed by atoms with van der Waals surface area (Å²) >= 11 is 1.96. The molecule has 116 valence electrons. The second-order valence-electron chi connectivity index (χ2n) is 6.52. The summed E-state index contributed by atoms with van der Waals surface area (Å²) in [5, 5.41) is 4.71. The van der Waals surface area contributed by atoms with Crippen molar-refractivity contribution in [3.05, 3.63) is 11.4 Å². The van der Waals surface area contributed by atoms with Gasteiger partial charge < -0.3 is 5.32 Å². The van der Waals surface area contributed by atoms with Gasteiger partial charge in [-0.05, 0) is 44.9 Å². The van der Waals surface area contributed by atoms with Crippen LogP contribution in [0.2, 0.25) is 0 Å². The molecule has 3 nitrogen and oxygen atoms in total. The Morgan fingerprint density at radius 3 is 2.57 bits per heavy atom. The molecule has 3 rings (SSSR count). The van der Waals surface area contributed by atoms with Crippen LogP contribution in [0, 0.1) is 12.8 Å². The van der Waals surface area contributed by atoms with Gasteiger partial charge in [0, 0.05) is 23.8 Å². The van der Waals surface area contributed by atoms with E-state index in [1.165, 1.54) is 54.9 Å². The zero-order valence-electron chi connectivity index (χ0n) is 13.3. The predicted octanol–water partition coefficient (Wildman–Crippen LogP) is 4.77. The number of thioether (sulfide) groups is 1. The highest BCUT2D eigenvalue weighted by Crippen LogP contribution is 2.40. The van der Waals surface area contributed by atoms with E-state index in [1.807, 2.05) is 11.8 Å². The van der Waals surface area contributed by atoms with Gasteiger partial charge in [-0.15, -0.1) is 11.8 Å². The maximum absolute atomic E-state index is 4.88. The van der Waals surface area contributed by atoms with Gasteiger partial charge in [0.25, 0.3) is 0 Å². The summed E-state index contributed by atoms with van der Waals surface area (Å²) in [6.45, 7) is 5.36. The lowest BCUT2D eigenvalue weighted by Gasteiger charge is -2.14. The van der Waals surface area contributed by atoms with Crippen molar-refractivity contribution in [1.29, 1.82) is 0 Å². The Hall–Kier alpha value is -0.770. The van der Waals surface area contributed by atoms with Crippen LogP contribution in [0.15, 0.2) is 5.03 Å². The minimum atomic E-state index is 0.624. The summed E-state index contributed by atoms with van der Waals surface area (Å²) in [4.78, 5) is 9.65. The molecule has 0 amide bonds. The third-order valence-corrected chi connectivity index (χ3v) is 5.84. The Morgan fingerprint density at radius 1 is 1.14 bits per heavy atom. The topological polar surface area (TPSA) is 37.8 Å². The molecule has 0 aliphatic heterocycles. The van der Waals surface area contributed by atoms with Crippen LogP contribution in [0.25, 0.3) is 0 Å². The third-order valence-electron chi connectivity index (χ3n) is 4.53. The van der Waals surface area contributed by atoms with E-state index in [1.54, 1.807) is 0 Å². The van der Waals surface area contributed by atoms with Crippen molar-refractivity contribution in [3.63, 3.8) is 0 Å². The fraction of sp³-hybridized carbons (Fsp3) is 0.765. The number of hydrogen-bond donors (Lipinski definition) is 1. The van der Waals surface area contributed by atoms with Crippen LogP contribution in [-0.2, 0) is 0 Å².